The summed E-state index contributed by atoms with van der Waals surface area (Å²) in [4.78, 5) is 9.81. The molecule has 7 heteroatoms. The van der Waals surface area contributed by atoms with Crippen molar-refractivity contribution in [2.45, 2.75) is 39.9 Å². The van der Waals surface area contributed by atoms with E-state index in [1.807, 2.05) is 121 Å². The minimum absolute atomic E-state index is 0. The second kappa shape index (κ2) is 16.9. The average molecular weight is 978 g/mol. The van der Waals surface area contributed by atoms with Gasteiger partial charge < -0.3 is 14.0 Å². The van der Waals surface area contributed by atoms with Crippen molar-refractivity contribution in [3.63, 3.8) is 0 Å². The van der Waals surface area contributed by atoms with Crippen LogP contribution in [0.2, 0.25) is 19.6 Å². The van der Waals surface area contributed by atoms with Crippen LogP contribution in [0.5, 0.6) is 0 Å². The van der Waals surface area contributed by atoms with E-state index in [-0.39, 0.29) is 25.9 Å². The van der Waals surface area contributed by atoms with Crippen LogP contribution < -0.4 is 5.19 Å². The average Bonchev–Trinajstić information content (AvgIpc) is 3.83. The van der Waals surface area contributed by atoms with Gasteiger partial charge in [-0.1, -0.05) is 141 Å². The number of halogens is 1. The molecule has 3 heterocycles. The number of imidazole rings is 1. The molecule has 0 aliphatic heterocycles. The molecule has 0 aliphatic carbocycles. The third-order valence-electron chi connectivity index (χ3n) is 10.8. The zero-order valence-corrected chi connectivity index (χ0v) is 37.7. The van der Waals surface area contributed by atoms with Crippen LogP contribution in [0.4, 0.5) is 4.39 Å². The molecule has 7 aromatic carbocycles. The number of hydrogen-bond donors (Lipinski definition) is 0. The molecule has 0 spiro atoms. The van der Waals surface area contributed by atoms with Gasteiger partial charge in [-0.2, -0.15) is 0 Å². The Labute approximate surface area is 365 Å². The Morgan fingerprint density at radius 3 is 2.17 bits per heavy atom. The Morgan fingerprint density at radius 2 is 1.42 bits per heavy atom. The van der Waals surface area contributed by atoms with Crippen molar-refractivity contribution in [2.75, 3.05) is 0 Å². The largest absolute Gasteiger partial charge is 0.501 e. The Balaban J connectivity index is 0.000000202. The van der Waals surface area contributed by atoms with Gasteiger partial charge in [0.25, 0.3) is 0 Å². The maximum absolute atomic E-state index is 15.6. The molecular formula is C53H44FIrN3OSi-2. The third kappa shape index (κ3) is 7.77. The minimum atomic E-state index is -1.34. The van der Waals surface area contributed by atoms with E-state index in [0.29, 0.717) is 17.1 Å². The van der Waals surface area contributed by atoms with Crippen LogP contribution in [0.25, 0.3) is 83.2 Å². The normalized spacial score (nSPS) is 11.6. The van der Waals surface area contributed by atoms with E-state index in [4.69, 9.17) is 9.40 Å². The molecule has 0 N–H and O–H groups in total. The number of aromatic nitrogens is 3. The quantitative estimate of drug-likeness (QED) is 0.118. The molecule has 299 valence electrons. The fourth-order valence-corrected chi connectivity index (χ4v) is 9.74. The molecule has 0 amide bonds. The van der Waals surface area contributed by atoms with Crippen LogP contribution in [0.15, 0.2) is 162 Å². The van der Waals surface area contributed by atoms with Gasteiger partial charge in [0, 0.05) is 48.0 Å². The molecule has 4 nitrogen and oxygen atoms in total. The Morgan fingerprint density at radius 1 is 0.717 bits per heavy atom. The van der Waals surface area contributed by atoms with Crippen molar-refractivity contribution in [3.8, 4) is 39.5 Å². The fraction of sp³-hybridized carbons (Fsp3) is 0.132. The Hall–Kier alpha value is -5.98. The molecule has 10 rings (SSSR count). The first-order chi connectivity index (χ1) is 28.7. The molecule has 0 aliphatic rings. The van der Waals surface area contributed by atoms with Gasteiger partial charge in [0.15, 0.2) is 0 Å². The summed E-state index contributed by atoms with van der Waals surface area (Å²) in [7, 11) is -1.34. The molecule has 10 aromatic rings. The van der Waals surface area contributed by atoms with Crippen molar-refractivity contribution in [2.24, 2.45) is 5.92 Å². The van der Waals surface area contributed by atoms with Gasteiger partial charge in [-0.15, -0.1) is 54.1 Å². The smallest absolute Gasteiger partial charge is 0.131 e. The number of benzene rings is 7. The molecule has 60 heavy (non-hydrogen) atoms. The summed E-state index contributed by atoms with van der Waals surface area (Å²) in [6.45, 7) is 11.7. The Kier molecular flexibility index (Phi) is 11.5. The molecular weight excluding hydrogens is 934 g/mol. The molecule has 3 aromatic heterocycles. The van der Waals surface area contributed by atoms with Gasteiger partial charge in [-0.25, -0.2) is 4.39 Å². The minimum Gasteiger partial charge on any atom is -0.501 e. The Bertz CT molecular complexity index is 3110. The van der Waals surface area contributed by atoms with E-state index < -0.39 is 8.07 Å². The van der Waals surface area contributed by atoms with E-state index in [2.05, 4.69) is 85.6 Å². The molecule has 0 fully saturated rings. The van der Waals surface area contributed by atoms with Gasteiger partial charge in [-0.3, -0.25) is 4.98 Å². The van der Waals surface area contributed by atoms with Crippen molar-refractivity contribution in [1.82, 2.24) is 14.5 Å². The summed E-state index contributed by atoms with van der Waals surface area (Å²) in [5, 5.41) is 4.90. The monoisotopic (exact) mass is 978 g/mol. The third-order valence-corrected chi connectivity index (χ3v) is 12.9. The van der Waals surface area contributed by atoms with Gasteiger partial charge in [0.1, 0.15) is 11.4 Å². The van der Waals surface area contributed by atoms with E-state index in [1.54, 1.807) is 6.07 Å². The SMILES string of the molecule is CC(C)Cc1cc(-c2[c-]cccc2)ncc1[Si](C)(C)C.Fc1cc(-c2ccccc2)c(-n2c(-c3[c-]ccc4c3oc3ccccc34)nc3ccccc32)c2ccccc12.[Ir]. The molecule has 0 saturated carbocycles. The maximum atomic E-state index is 15.6. The van der Waals surface area contributed by atoms with Crippen molar-refractivity contribution in [3.05, 3.63) is 181 Å². The van der Waals surface area contributed by atoms with Gasteiger partial charge in [0.2, 0.25) is 0 Å². The number of fused-ring (bicyclic) bond motifs is 5. The van der Waals surface area contributed by atoms with Crippen LogP contribution in [0.1, 0.15) is 19.4 Å². The first-order valence-corrected chi connectivity index (χ1v) is 23.7. The first kappa shape index (κ1) is 40.8. The molecule has 0 bridgehead atoms. The maximum Gasteiger partial charge on any atom is 0.131 e. The van der Waals surface area contributed by atoms with E-state index in [0.717, 1.165) is 78.4 Å². The van der Waals surface area contributed by atoms with Crippen LogP contribution in [-0.2, 0) is 26.5 Å². The van der Waals surface area contributed by atoms with E-state index >= 15 is 4.39 Å². The van der Waals surface area contributed by atoms with Gasteiger partial charge >= 0.3 is 0 Å². The summed E-state index contributed by atoms with van der Waals surface area (Å²) < 4.78 is 24.1. The van der Waals surface area contributed by atoms with Crippen molar-refractivity contribution >= 4 is 57.0 Å². The van der Waals surface area contributed by atoms with Gasteiger partial charge in [0.05, 0.1) is 36.2 Å². The first-order valence-electron chi connectivity index (χ1n) is 20.2. The second-order valence-electron chi connectivity index (χ2n) is 16.5. The van der Waals surface area contributed by atoms with E-state index in [1.165, 1.54) is 10.8 Å². The van der Waals surface area contributed by atoms with Crippen molar-refractivity contribution < 1.29 is 28.9 Å². The zero-order valence-electron chi connectivity index (χ0n) is 34.3. The molecule has 0 saturated heterocycles. The molecule has 0 unspecified atom stereocenters. The van der Waals surface area contributed by atoms with Crippen molar-refractivity contribution in [1.29, 1.82) is 0 Å². The summed E-state index contributed by atoms with van der Waals surface area (Å²) in [6, 6.07) is 56.3. The summed E-state index contributed by atoms with van der Waals surface area (Å²) in [6.07, 6.45) is 3.24. The molecule has 1 radical (unpaired) electrons. The number of nitrogens with zero attached hydrogens (tertiary/aromatic N) is 3. The summed E-state index contributed by atoms with van der Waals surface area (Å²) in [5.41, 5.74) is 10.2. The zero-order chi connectivity index (χ0) is 40.7. The number of furan rings is 1. The predicted molar refractivity (Wildman–Crippen MR) is 246 cm³/mol. The number of hydrogen-bond acceptors (Lipinski definition) is 3. The van der Waals surface area contributed by atoms with Gasteiger partial charge in [-0.05, 0) is 53.0 Å². The summed E-state index contributed by atoms with van der Waals surface area (Å²) >= 11 is 0. The second-order valence-corrected chi connectivity index (χ2v) is 21.5. The number of pyridine rings is 1. The summed E-state index contributed by atoms with van der Waals surface area (Å²) in [5.74, 6) is 1.10. The fourth-order valence-electron chi connectivity index (χ4n) is 8.15. The predicted octanol–water partition coefficient (Wildman–Crippen LogP) is 13.6. The topological polar surface area (TPSA) is 43.9 Å². The van der Waals surface area contributed by atoms with Crippen LogP contribution in [-0.4, -0.2) is 22.6 Å². The number of rotatable bonds is 7. The standard InChI is InChI=1S/C35H20FN2O.C18H24NSi.Ir/c36-29-21-28(22-11-2-1-3-12-22)33(25-15-5-4-13-23(25)29)38-31-19-8-7-18-30(31)37-35(38)27-17-10-16-26-24-14-6-9-20-32(24)39-34(26)27;1-14(2)11-16-12-17(15-9-7-6-8-10-15)19-13-18(16)20(3,4)5;/h1-16,18-21H;6-9,12-14H,11H2,1-5H3;/q2*-1;. The number of para-hydroxylation sites is 3. The van der Waals surface area contributed by atoms with Crippen LogP contribution in [0.3, 0.4) is 0 Å². The molecule has 0 atom stereocenters. The van der Waals surface area contributed by atoms with E-state index in [9.17, 15) is 0 Å². The van der Waals surface area contributed by atoms with Crippen LogP contribution >= 0.6 is 0 Å². The van der Waals surface area contributed by atoms with Crippen LogP contribution in [0, 0.1) is 23.9 Å².